The molecule has 8 heteroatoms. The molecule has 0 spiro atoms. The van der Waals surface area contributed by atoms with Gasteiger partial charge in [0.15, 0.2) is 11.5 Å². The van der Waals surface area contributed by atoms with Crippen molar-refractivity contribution in [1.29, 1.82) is 0 Å². The van der Waals surface area contributed by atoms with Gasteiger partial charge in [-0.15, -0.1) is 11.3 Å². The molecule has 1 fully saturated rings. The highest BCUT2D eigenvalue weighted by molar-refractivity contribution is 7.17. The summed E-state index contributed by atoms with van der Waals surface area (Å²) in [5, 5.41) is 5.30. The SMILES string of the molecule is COc1ccc(N2C(=O)c3cc4sccc4n3C[C@@]2(C)C(=O)NC2CCC(C)CC2)cc1OC. The van der Waals surface area contributed by atoms with Gasteiger partial charge in [-0.2, -0.15) is 0 Å². The van der Waals surface area contributed by atoms with Crippen molar-refractivity contribution in [2.45, 2.75) is 57.7 Å². The molecule has 2 aromatic heterocycles. The van der Waals surface area contributed by atoms with Gasteiger partial charge >= 0.3 is 0 Å². The number of fused-ring (bicyclic) bond motifs is 3. The number of anilines is 1. The molecular weight excluding hydrogens is 450 g/mol. The molecule has 0 saturated heterocycles. The van der Waals surface area contributed by atoms with Gasteiger partial charge in [-0.1, -0.05) is 6.92 Å². The van der Waals surface area contributed by atoms with Gasteiger partial charge < -0.3 is 19.4 Å². The van der Waals surface area contributed by atoms with Gasteiger partial charge in [-0.05, 0) is 68.2 Å². The van der Waals surface area contributed by atoms with E-state index in [1.165, 1.54) is 0 Å². The predicted molar refractivity (Wildman–Crippen MR) is 134 cm³/mol. The Morgan fingerprint density at radius 1 is 1.09 bits per heavy atom. The summed E-state index contributed by atoms with van der Waals surface area (Å²) in [5.74, 6) is 1.45. The molecule has 2 amide bonds. The number of thiophene rings is 1. The lowest BCUT2D eigenvalue weighted by Crippen LogP contribution is -2.65. The normalized spacial score (nSPS) is 24.7. The summed E-state index contributed by atoms with van der Waals surface area (Å²) in [6.45, 7) is 4.50. The third-order valence-corrected chi connectivity index (χ3v) is 8.22. The number of benzene rings is 1. The summed E-state index contributed by atoms with van der Waals surface area (Å²) in [5.41, 5.74) is 1.08. The number of hydrogen-bond donors (Lipinski definition) is 1. The van der Waals surface area contributed by atoms with Crippen LogP contribution in [0.15, 0.2) is 35.7 Å². The van der Waals surface area contributed by atoms with Crippen molar-refractivity contribution in [3.63, 3.8) is 0 Å². The first-order chi connectivity index (χ1) is 16.4. The van der Waals surface area contributed by atoms with E-state index in [9.17, 15) is 9.59 Å². The number of rotatable bonds is 5. The Kier molecular flexibility index (Phi) is 5.80. The summed E-state index contributed by atoms with van der Waals surface area (Å²) >= 11 is 1.60. The molecule has 0 bridgehead atoms. The molecule has 1 saturated carbocycles. The van der Waals surface area contributed by atoms with E-state index in [1.807, 2.05) is 35.1 Å². The average Bonchev–Trinajstić information content (AvgIpc) is 3.43. The van der Waals surface area contributed by atoms with Crippen LogP contribution >= 0.6 is 11.3 Å². The second-order valence-corrected chi connectivity index (χ2v) is 10.6. The fraction of sp³-hybridized carbons (Fsp3) is 0.462. The smallest absolute Gasteiger partial charge is 0.275 e. The van der Waals surface area contributed by atoms with Gasteiger partial charge in [0.25, 0.3) is 5.91 Å². The highest BCUT2D eigenvalue weighted by atomic mass is 32.1. The Bertz CT molecular complexity index is 1240. The highest BCUT2D eigenvalue weighted by Gasteiger charge is 2.49. The van der Waals surface area contributed by atoms with Gasteiger partial charge in [0.1, 0.15) is 11.2 Å². The highest BCUT2D eigenvalue weighted by Crippen LogP contribution is 2.40. The maximum absolute atomic E-state index is 14.0. The van der Waals surface area contributed by atoms with Crippen molar-refractivity contribution >= 4 is 39.1 Å². The largest absolute Gasteiger partial charge is 0.493 e. The van der Waals surface area contributed by atoms with Crippen LogP contribution in [0.5, 0.6) is 11.5 Å². The average molecular weight is 482 g/mol. The first-order valence-corrected chi connectivity index (χ1v) is 12.7. The van der Waals surface area contributed by atoms with E-state index in [0.717, 1.165) is 35.9 Å². The third-order valence-electron chi connectivity index (χ3n) is 7.37. The van der Waals surface area contributed by atoms with Crippen LogP contribution in [0.25, 0.3) is 10.2 Å². The van der Waals surface area contributed by atoms with Crippen molar-refractivity contribution in [3.8, 4) is 11.5 Å². The van der Waals surface area contributed by atoms with Crippen LogP contribution in [0.4, 0.5) is 5.69 Å². The van der Waals surface area contributed by atoms with Crippen LogP contribution in [-0.4, -0.2) is 42.2 Å². The van der Waals surface area contributed by atoms with E-state index >= 15 is 0 Å². The lowest BCUT2D eigenvalue weighted by atomic mass is 9.86. The second-order valence-electron chi connectivity index (χ2n) is 9.67. The maximum atomic E-state index is 14.0. The van der Waals surface area contributed by atoms with Crippen LogP contribution in [0.3, 0.4) is 0 Å². The molecule has 3 aromatic rings. The van der Waals surface area contributed by atoms with Crippen LogP contribution in [-0.2, 0) is 11.3 Å². The van der Waals surface area contributed by atoms with E-state index in [-0.39, 0.29) is 17.9 Å². The summed E-state index contributed by atoms with van der Waals surface area (Å²) < 4.78 is 13.9. The molecule has 0 unspecified atom stereocenters. The zero-order valence-electron chi connectivity index (χ0n) is 20.1. The lowest BCUT2D eigenvalue weighted by Gasteiger charge is -2.45. The molecule has 34 heavy (non-hydrogen) atoms. The molecule has 1 N–H and O–H groups in total. The zero-order chi connectivity index (χ0) is 24.0. The van der Waals surface area contributed by atoms with Crippen molar-refractivity contribution in [2.75, 3.05) is 19.1 Å². The number of aromatic nitrogens is 1. The van der Waals surface area contributed by atoms with E-state index < -0.39 is 5.54 Å². The first-order valence-electron chi connectivity index (χ1n) is 11.8. The Morgan fingerprint density at radius 3 is 2.53 bits per heavy atom. The molecule has 1 aliphatic heterocycles. The number of carbonyl (C=O) groups is 2. The fourth-order valence-corrected chi connectivity index (χ4v) is 6.15. The number of nitrogens with one attached hydrogen (secondary N) is 1. The molecule has 1 aromatic carbocycles. The molecule has 2 aliphatic rings. The number of nitrogens with zero attached hydrogens (tertiary/aromatic N) is 2. The minimum Gasteiger partial charge on any atom is -0.493 e. The Hall–Kier alpha value is -3.00. The molecule has 1 aliphatic carbocycles. The Morgan fingerprint density at radius 2 is 1.82 bits per heavy atom. The van der Waals surface area contributed by atoms with Crippen molar-refractivity contribution in [3.05, 3.63) is 41.4 Å². The molecule has 180 valence electrons. The molecule has 5 rings (SSSR count). The summed E-state index contributed by atoms with van der Waals surface area (Å²) in [6.07, 6.45) is 4.15. The van der Waals surface area contributed by atoms with Gasteiger partial charge in [-0.3, -0.25) is 14.5 Å². The van der Waals surface area contributed by atoms with Gasteiger partial charge in [0.05, 0.1) is 31.0 Å². The monoisotopic (exact) mass is 481 g/mol. The van der Waals surface area contributed by atoms with Gasteiger partial charge in [0, 0.05) is 17.8 Å². The third kappa shape index (κ3) is 3.64. The van der Waals surface area contributed by atoms with Crippen LogP contribution in [0.1, 0.15) is 50.0 Å². The van der Waals surface area contributed by atoms with Gasteiger partial charge in [-0.25, -0.2) is 0 Å². The maximum Gasteiger partial charge on any atom is 0.275 e. The molecular formula is C26H31N3O4S. The number of carbonyl (C=O) groups excluding carboxylic acids is 2. The topological polar surface area (TPSA) is 72.8 Å². The van der Waals surface area contributed by atoms with E-state index in [0.29, 0.717) is 35.3 Å². The van der Waals surface area contributed by atoms with Crippen molar-refractivity contribution < 1.29 is 19.1 Å². The minimum absolute atomic E-state index is 0.127. The van der Waals surface area contributed by atoms with E-state index in [2.05, 4.69) is 12.2 Å². The van der Waals surface area contributed by atoms with Crippen molar-refractivity contribution in [2.24, 2.45) is 5.92 Å². The number of hydrogen-bond acceptors (Lipinski definition) is 5. The van der Waals surface area contributed by atoms with Crippen LogP contribution in [0.2, 0.25) is 0 Å². The lowest BCUT2D eigenvalue weighted by molar-refractivity contribution is -0.127. The van der Waals surface area contributed by atoms with E-state index in [4.69, 9.17) is 9.47 Å². The summed E-state index contributed by atoms with van der Waals surface area (Å²) in [6, 6.07) is 9.43. The molecule has 1 atom stereocenters. The van der Waals surface area contributed by atoms with Crippen LogP contribution < -0.4 is 19.7 Å². The van der Waals surface area contributed by atoms with Gasteiger partial charge in [0.2, 0.25) is 5.91 Å². The van der Waals surface area contributed by atoms with Crippen molar-refractivity contribution in [1.82, 2.24) is 9.88 Å². The number of amides is 2. The van der Waals surface area contributed by atoms with Crippen LogP contribution in [0, 0.1) is 5.92 Å². The second kappa shape index (κ2) is 8.65. The zero-order valence-corrected chi connectivity index (χ0v) is 20.9. The number of ether oxygens (including phenoxy) is 2. The Balaban J connectivity index is 1.58. The molecule has 3 heterocycles. The standard InChI is InChI=1S/C26H31N3O4S/c1-16-5-7-17(8-6-16)27-25(31)26(2)15-28-19-11-12-34-23(19)14-20(28)24(30)29(26)18-9-10-21(32-3)22(13-18)33-4/h9-14,16-17H,5-8,15H2,1-4H3,(H,27,31)/t16?,17?,26-/m0/s1. The molecule has 0 radical (unpaired) electrons. The Labute approximate surface area is 203 Å². The fourth-order valence-electron chi connectivity index (χ4n) is 5.33. The quantitative estimate of drug-likeness (QED) is 0.566. The van der Waals surface area contributed by atoms with E-state index in [1.54, 1.807) is 42.6 Å². The first kappa shape index (κ1) is 22.8. The number of methoxy groups -OCH3 is 2. The summed E-state index contributed by atoms with van der Waals surface area (Å²) in [4.78, 5) is 29.5. The minimum atomic E-state index is -1.11. The summed E-state index contributed by atoms with van der Waals surface area (Å²) in [7, 11) is 3.14. The molecule has 7 nitrogen and oxygen atoms in total. The predicted octanol–water partition coefficient (Wildman–Crippen LogP) is 4.83.